The van der Waals surface area contributed by atoms with Crippen molar-refractivity contribution in [2.45, 2.75) is 45.1 Å². The van der Waals surface area contributed by atoms with Gasteiger partial charge < -0.3 is 4.74 Å². The predicted octanol–water partition coefficient (Wildman–Crippen LogP) is 2.36. The maximum atomic E-state index is 5.61. The van der Waals surface area contributed by atoms with Gasteiger partial charge in [-0.05, 0) is 32.6 Å². The molecule has 0 aliphatic heterocycles. The van der Waals surface area contributed by atoms with Gasteiger partial charge in [-0.3, -0.25) is 0 Å². The van der Waals surface area contributed by atoms with Crippen LogP contribution in [0.2, 0.25) is 0 Å². The molecule has 0 N–H and O–H groups in total. The van der Waals surface area contributed by atoms with Crippen molar-refractivity contribution in [2.75, 3.05) is 6.61 Å². The highest BCUT2D eigenvalue weighted by atomic mass is 16.5. The zero-order valence-corrected chi connectivity index (χ0v) is 6.44. The minimum Gasteiger partial charge on any atom is -0.375 e. The Labute approximate surface area is 57.4 Å². The molecular weight excluding hydrogens is 112 g/mol. The number of rotatable bonds is 3. The Kier molecular flexibility index (Phi) is 2.12. The van der Waals surface area contributed by atoms with Gasteiger partial charge in [-0.25, -0.2) is 0 Å². The minimum absolute atomic E-state index is 0.314. The molecule has 0 atom stereocenters. The molecule has 1 aliphatic rings. The molecule has 54 valence electrons. The van der Waals surface area contributed by atoms with E-state index in [4.69, 9.17) is 4.74 Å². The lowest BCUT2D eigenvalue weighted by Gasteiger charge is -2.40. The van der Waals surface area contributed by atoms with Crippen molar-refractivity contribution in [3.63, 3.8) is 0 Å². The largest absolute Gasteiger partial charge is 0.375 e. The predicted molar refractivity (Wildman–Crippen MR) is 38.5 cm³/mol. The molecular formula is C8H16O. The molecule has 0 radical (unpaired) electrons. The molecule has 0 amide bonds. The zero-order valence-electron chi connectivity index (χ0n) is 6.44. The van der Waals surface area contributed by atoms with Gasteiger partial charge in [0.05, 0.1) is 5.60 Å². The Hall–Kier alpha value is -0.0400. The van der Waals surface area contributed by atoms with Crippen molar-refractivity contribution in [3.05, 3.63) is 0 Å². The smallest absolute Gasteiger partial charge is 0.0679 e. The van der Waals surface area contributed by atoms with Gasteiger partial charge in [-0.2, -0.15) is 0 Å². The summed E-state index contributed by atoms with van der Waals surface area (Å²) in [6, 6.07) is 0. The lowest BCUT2D eigenvalue weighted by atomic mass is 9.78. The van der Waals surface area contributed by atoms with Crippen LogP contribution in [-0.4, -0.2) is 12.2 Å². The van der Waals surface area contributed by atoms with E-state index in [0.29, 0.717) is 5.60 Å². The summed E-state index contributed by atoms with van der Waals surface area (Å²) in [6.45, 7) is 5.18. The van der Waals surface area contributed by atoms with Crippen molar-refractivity contribution in [1.29, 1.82) is 0 Å². The fourth-order valence-electron chi connectivity index (χ4n) is 1.48. The van der Waals surface area contributed by atoms with Crippen LogP contribution in [0.5, 0.6) is 0 Å². The number of hydrogen-bond acceptors (Lipinski definition) is 1. The zero-order chi connectivity index (χ0) is 6.74. The van der Waals surface area contributed by atoms with Gasteiger partial charge in [0.1, 0.15) is 0 Å². The molecule has 9 heavy (non-hydrogen) atoms. The molecule has 0 aromatic carbocycles. The fraction of sp³-hybridized carbons (Fsp3) is 1.00. The van der Waals surface area contributed by atoms with Gasteiger partial charge in [0.2, 0.25) is 0 Å². The fourth-order valence-corrected chi connectivity index (χ4v) is 1.48. The molecule has 1 heteroatoms. The molecule has 0 unspecified atom stereocenters. The van der Waals surface area contributed by atoms with Crippen molar-refractivity contribution in [1.82, 2.24) is 0 Å². The molecule has 0 aromatic rings. The lowest BCUT2D eigenvalue weighted by Crippen LogP contribution is -2.39. The molecule has 0 bridgehead atoms. The summed E-state index contributed by atoms with van der Waals surface area (Å²) in [5.41, 5.74) is 0.314. The highest BCUT2D eigenvalue weighted by Gasteiger charge is 2.35. The van der Waals surface area contributed by atoms with E-state index < -0.39 is 0 Å². The Morgan fingerprint density at radius 2 is 2.00 bits per heavy atom. The average Bonchev–Trinajstić information content (AvgIpc) is 1.79. The van der Waals surface area contributed by atoms with E-state index >= 15 is 0 Å². The van der Waals surface area contributed by atoms with Crippen molar-refractivity contribution < 1.29 is 4.74 Å². The van der Waals surface area contributed by atoms with Gasteiger partial charge in [0, 0.05) is 6.61 Å². The van der Waals surface area contributed by atoms with Gasteiger partial charge in [0.25, 0.3) is 0 Å². The average molecular weight is 128 g/mol. The first-order valence-corrected chi connectivity index (χ1v) is 3.97. The molecule has 0 saturated heterocycles. The van der Waals surface area contributed by atoms with E-state index in [9.17, 15) is 0 Å². The third-order valence-electron chi connectivity index (χ3n) is 2.36. The standard InChI is InChI=1S/C8H16O/c1-3-8(9-4-2)6-5-7-8/h3-7H2,1-2H3. The second kappa shape index (κ2) is 2.70. The molecule has 1 saturated carbocycles. The van der Waals surface area contributed by atoms with Crippen molar-refractivity contribution >= 4 is 0 Å². The maximum absolute atomic E-state index is 5.61. The molecule has 0 aromatic heterocycles. The molecule has 1 rings (SSSR count). The summed E-state index contributed by atoms with van der Waals surface area (Å²) in [7, 11) is 0. The highest BCUT2D eigenvalue weighted by Crippen LogP contribution is 2.37. The van der Waals surface area contributed by atoms with E-state index in [1.807, 2.05) is 0 Å². The maximum Gasteiger partial charge on any atom is 0.0679 e. The monoisotopic (exact) mass is 128 g/mol. The van der Waals surface area contributed by atoms with E-state index in [2.05, 4.69) is 13.8 Å². The normalized spacial score (nSPS) is 23.3. The van der Waals surface area contributed by atoms with Crippen LogP contribution in [0.1, 0.15) is 39.5 Å². The summed E-state index contributed by atoms with van der Waals surface area (Å²) < 4.78 is 5.61. The number of hydrogen-bond donors (Lipinski definition) is 0. The van der Waals surface area contributed by atoms with E-state index in [0.717, 1.165) is 6.61 Å². The molecule has 1 fully saturated rings. The molecule has 0 heterocycles. The van der Waals surface area contributed by atoms with Crippen LogP contribution in [0.4, 0.5) is 0 Å². The summed E-state index contributed by atoms with van der Waals surface area (Å²) in [5, 5.41) is 0. The van der Waals surface area contributed by atoms with E-state index in [-0.39, 0.29) is 0 Å². The van der Waals surface area contributed by atoms with Crippen LogP contribution in [0.3, 0.4) is 0 Å². The summed E-state index contributed by atoms with van der Waals surface area (Å²) in [4.78, 5) is 0. The van der Waals surface area contributed by atoms with Crippen LogP contribution >= 0.6 is 0 Å². The molecule has 0 spiro atoms. The first kappa shape index (κ1) is 7.07. The van der Waals surface area contributed by atoms with E-state index in [1.54, 1.807) is 0 Å². The second-order valence-corrected chi connectivity index (χ2v) is 2.82. The summed E-state index contributed by atoms with van der Waals surface area (Å²) >= 11 is 0. The van der Waals surface area contributed by atoms with Gasteiger partial charge >= 0.3 is 0 Å². The SMILES string of the molecule is CCOC1(CC)CCC1. The van der Waals surface area contributed by atoms with Crippen LogP contribution in [0, 0.1) is 0 Å². The summed E-state index contributed by atoms with van der Waals surface area (Å²) in [5.74, 6) is 0. The van der Waals surface area contributed by atoms with Crippen molar-refractivity contribution in [2.24, 2.45) is 0 Å². The van der Waals surface area contributed by atoms with Crippen LogP contribution in [-0.2, 0) is 4.74 Å². The lowest BCUT2D eigenvalue weighted by molar-refractivity contribution is -0.0967. The summed E-state index contributed by atoms with van der Waals surface area (Å²) in [6.07, 6.45) is 5.14. The highest BCUT2D eigenvalue weighted by molar-refractivity contribution is 4.87. The third-order valence-corrected chi connectivity index (χ3v) is 2.36. The van der Waals surface area contributed by atoms with Gasteiger partial charge in [-0.15, -0.1) is 0 Å². The number of ether oxygens (including phenoxy) is 1. The minimum atomic E-state index is 0.314. The Balaban J connectivity index is 2.28. The van der Waals surface area contributed by atoms with Gasteiger partial charge in [-0.1, -0.05) is 6.92 Å². The quantitative estimate of drug-likeness (QED) is 0.567. The van der Waals surface area contributed by atoms with Gasteiger partial charge in [0.15, 0.2) is 0 Å². The first-order chi connectivity index (χ1) is 4.33. The van der Waals surface area contributed by atoms with E-state index in [1.165, 1.54) is 25.7 Å². The molecule has 1 aliphatic carbocycles. The van der Waals surface area contributed by atoms with Crippen LogP contribution in [0.15, 0.2) is 0 Å². The first-order valence-electron chi connectivity index (χ1n) is 3.97. The van der Waals surface area contributed by atoms with Crippen LogP contribution in [0.25, 0.3) is 0 Å². The Morgan fingerprint density at radius 3 is 2.11 bits per heavy atom. The second-order valence-electron chi connectivity index (χ2n) is 2.82. The van der Waals surface area contributed by atoms with Crippen LogP contribution < -0.4 is 0 Å². The molecule has 1 nitrogen and oxygen atoms in total. The Morgan fingerprint density at radius 1 is 1.33 bits per heavy atom. The Bertz CT molecular complexity index is 79.1. The van der Waals surface area contributed by atoms with Crippen molar-refractivity contribution in [3.8, 4) is 0 Å². The topological polar surface area (TPSA) is 9.23 Å². The third kappa shape index (κ3) is 1.26.